The molecular weight excluding hydrogens is 196 g/mol. The number of carbonyl (C=O) groups is 1. The zero-order valence-electron chi connectivity index (χ0n) is 8.59. The van der Waals surface area contributed by atoms with Crippen LogP contribution in [0.4, 0.5) is 0 Å². The zero-order chi connectivity index (χ0) is 10.6. The molecule has 0 aliphatic carbocycles. The summed E-state index contributed by atoms with van der Waals surface area (Å²) in [5, 5.41) is 0.776. The van der Waals surface area contributed by atoms with Gasteiger partial charge in [-0.1, -0.05) is 37.6 Å². The molecule has 0 amide bonds. The van der Waals surface area contributed by atoms with Crippen molar-refractivity contribution in [1.82, 2.24) is 0 Å². The van der Waals surface area contributed by atoms with Crippen LogP contribution in [0.5, 0.6) is 0 Å². The zero-order valence-corrected chi connectivity index (χ0v) is 9.34. The van der Waals surface area contributed by atoms with Gasteiger partial charge in [-0.25, -0.2) is 0 Å². The fourth-order valence-electron chi connectivity index (χ4n) is 1.42. The summed E-state index contributed by atoms with van der Waals surface area (Å²) in [7, 11) is 0. The molecular formula is C12H15ClO. The maximum absolute atomic E-state index is 10.3. The maximum atomic E-state index is 10.3. The van der Waals surface area contributed by atoms with E-state index in [1.165, 1.54) is 0 Å². The van der Waals surface area contributed by atoms with Crippen LogP contribution in [0.2, 0.25) is 5.02 Å². The van der Waals surface area contributed by atoms with Crippen LogP contribution >= 0.6 is 11.6 Å². The SMILES string of the molecule is CC(C)Cc1ccc(CC=O)cc1Cl. The van der Waals surface area contributed by atoms with Crippen LogP contribution in [-0.2, 0) is 17.6 Å². The van der Waals surface area contributed by atoms with Gasteiger partial charge in [-0.3, -0.25) is 0 Å². The average Bonchev–Trinajstić information content (AvgIpc) is 2.10. The lowest BCUT2D eigenvalue weighted by molar-refractivity contribution is -0.107. The number of hydrogen-bond donors (Lipinski definition) is 0. The first-order valence-electron chi connectivity index (χ1n) is 4.84. The molecule has 1 aromatic carbocycles. The predicted octanol–water partition coefficient (Wildman–Crippen LogP) is 3.28. The third-order valence-electron chi connectivity index (χ3n) is 2.06. The van der Waals surface area contributed by atoms with Gasteiger partial charge < -0.3 is 4.79 Å². The number of aldehydes is 1. The molecule has 1 aromatic rings. The Morgan fingerprint density at radius 1 is 1.43 bits per heavy atom. The lowest BCUT2D eigenvalue weighted by atomic mass is 10.0. The molecule has 0 aromatic heterocycles. The van der Waals surface area contributed by atoms with Gasteiger partial charge in [0.1, 0.15) is 6.29 Å². The van der Waals surface area contributed by atoms with Crippen molar-refractivity contribution in [1.29, 1.82) is 0 Å². The lowest BCUT2D eigenvalue weighted by Crippen LogP contribution is -1.96. The van der Waals surface area contributed by atoms with Gasteiger partial charge in [0, 0.05) is 11.4 Å². The first kappa shape index (κ1) is 11.3. The molecule has 14 heavy (non-hydrogen) atoms. The van der Waals surface area contributed by atoms with Crippen molar-refractivity contribution in [2.75, 3.05) is 0 Å². The van der Waals surface area contributed by atoms with Crippen LogP contribution in [0, 0.1) is 5.92 Å². The normalized spacial score (nSPS) is 10.6. The van der Waals surface area contributed by atoms with Crippen molar-refractivity contribution in [2.45, 2.75) is 26.7 Å². The number of halogens is 1. The van der Waals surface area contributed by atoms with Crippen molar-refractivity contribution in [3.8, 4) is 0 Å². The van der Waals surface area contributed by atoms with Gasteiger partial charge in [0.2, 0.25) is 0 Å². The number of hydrogen-bond acceptors (Lipinski definition) is 1. The minimum absolute atomic E-state index is 0.446. The predicted molar refractivity (Wildman–Crippen MR) is 59.8 cm³/mol. The smallest absolute Gasteiger partial charge is 0.124 e. The Balaban J connectivity index is 2.83. The highest BCUT2D eigenvalue weighted by Crippen LogP contribution is 2.20. The second-order valence-corrected chi connectivity index (χ2v) is 4.30. The molecule has 0 heterocycles. The summed E-state index contributed by atoms with van der Waals surface area (Å²) in [6, 6.07) is 5.87. The van der Waals surface area contributed by atoms with E-state index in [1.807, 2.05) is 18.2 Å². The molecule has 0 spiro atoms. The Bertz CT molecular complexity index is 318. The average molecular weight is 211 g/mol. The van der Waals surface area contributed by atoms with E-state index in [0.29, 0.717) is 12.3 Å². The van der Waals surface area contributed by atoms with Crippen LogP contribution < -0.4 is 0 Å². The molecule has 0 saturated heterocycles. The third-order valence-corrected chi connectivity index (χ3v) is 2.42. The summed E-state index contributed by atoms with van der Waals surface area (Å²) >= 11 is 6.09. The molecule has 0 aliphatic heterocycles. The molecule has 0 atom stereocenters. The Hall–Kier alpha value is -0.820. The van der Waals surface area contributed by atoms with E-state index in [0.717, 1.165) is 28.9 Å². The van der Waals surface area contributed by atoms with Crippen LogP contribution in [0.3, 0.4) is 0 Å². The molecule has 1 nitrogen and oxygen atoms in total. The van der Waals surface area contributed by atoms with E-state index in [9.17, 15) is 4.79 Å². The van der Waals surface area contributed by atoms with Crippen molar-refractivity contribution >= 4 is 17.9 Å². The molecule has 0 fully saturated rings. The summed E-state index contributed by atoms with van der Waals surface area (Å²) < 4.78 is 0. The maximum Gasteiger partial charge on any atom is 0.124 e. The molecule has 0 radical (unpaired) electrons. The largest absolute Gasteiger partial charge is 0.303 e. The van der Waals surface area contributed by atoms with E-state index < -0.39 is 0 Å². The quantitative estimate of drug-likeness (QED) is 0.698. The Labute approximate surface area is 90.1 Å². The lowest BCUT2D eigenvalue weighted by Gasteiger charge is -2.08. The van der Waals surface area contributed by atoms with Gasteiger partial charge in [0.15, 0.2) is 0 Å². The second kappa shape index (κ2) is 5.16. The van der Waals surface area contributed by atoms with Crippen LogP contribution in [0.25, 0.3) is 0 Å². The second-order valence-electron chi connectivity index (χ2n) is 3.89. The summed E-state index contributed by atoms with van der Waals surface area (Å²) in [6.07, 6.45) is 2.33. The molecule has 0 saturated carbocycles. The van der Waals surface area contributed by atoms with Gasteiger partial charge in [-0.2, -0.15) is 0 Å². The topological polar surface area (TPSA) is 17.1 Å². The molecule has 2 heteroatoms. The van der Waals surface area contributed by atoms with E-state index in [2.05, 4.69) is 13.8 Å². The van der Waals surface area contributed by atoms with E-state index >= 15 is 0 Å². The van der Waals surface area contributed by atoms with Crippen LogP contribution in [0.15, 0.2) is 18.2 Å². The summed E-state index contributed by atoms with van der Waals surface area (Å²) in [6.45, 7) is 4.32. The summed E-state index contributed by atoms with van der Waals surface area (Å²) in [5.41, 5.74) is 2.15. The molecule has 0 aliphatic rings. The monoisotopic (exact) mass is 210 g/mol. The minimum Gasteiger partial charge on any atom is -0.303 e. The standard InChI is InChI=1S/C12H15ClO/c1-9(2)7-11-4-3-10(5-6-14)8-12(11)13/h3-4,6,8-9H,5,7H2,1-2H3. The first-order chi connectivity index (χ1) is 6.63. The molecule has 1 rings (SSSR count). The fraction of sp³-hybridized carbons (Fsp3) is 0.417. The van der Waals surface area contributed by atoms with Gasteiger partial charge in [-0.15, -0.1) is 0 Å². The van der Waals surface area contributed by atoms with Crippen molar-refractivity contribution in [3.05, 3.63) is 34.3 Å². The minimum atomic E-state index is 0.446. The van der Waals surface area contributed by atoms with E-state index in [-0.39, 0.29) is 0 Å². The van der Waals surface area contributed by atoms with Crippen LogP contribution in [-0.4, -0.2) is 6.29 Å². The van der Waals surface area contributed by atoms with Crippen molar-refractivity contribution < 1.29 is 4.79 Å². The van der Waals surface area contributed by atoms with E-state index in [4.69, 9.17) is 11.6 Å². The number of benzene rings is 1. The Morgan fingerprint density at radius 2 is 2.14 bits per heavy atom. The first-order valence-corrected chi connectivity index (χ1v) is 5.22. The molecule has 0 unspecified atom stereocenters. The van der Waals surface area contributed by atoms with Gasteiger partial charge in [0.05, 0.1) is 0 Å². The Kier molecular flexibility index (Phi) is 4.15. The van der Waals surface area contributed by atoms with Gasteiger partial charge in [0.25, 0.3) is 0 Å². The molecule has 0 bridgehead atoms. The highest BCUT2D eigenvalue weighted by molar-refractivity contribution is 6.31. The number of rotatable bonds is 4. The molecule has 0 N–H and O–H groups in total. The van der Waals surface area contributed by atoms with Crippen molar-refractivity contribution in [2.24, 2.45) is 5.92 Å². The van der Waals surface area contributed by atoms with Crippen LogP contribution in [0.1, 0.15) is 25.0 Å². The van der Waals surface area contributed by atoms with Crippen molar-refractivity contribution in [3.63, 3.8) is 0 Å². The molecule has 76 valence electrons. The summed E-state index contributed by atoms with van der Waals surface area (Å²) in [5.74, 6) is 0.601. The Morgan fingerprint density at radius 3 is 2.64 bits per heavy atom. The highest BCUT2D eigenvalue weighted by Gasteiger charge is 2.03. The third kappa shape index (κ3) is 3.15. The highest BCUT2D eigenvalue weighted by atomic mass is 35.5. The van der Waals surface area contributed by atoms with E-state index in [1.54, 1.807) is 0 Å². The van der Waals surface area contributed by atoms with Gasteiger partial charge >= 0.3 is 0 Å². The van der Waals surface area contributed by atoms with Gasteiger partial charge in [-0.05, 0) is 29.5 Å². The number of carbonyl (C=O) groups excluding carboxylic acids is 1. The summed E-state index contributed by atoms with van der Waals surface area (Å²) in [4.78, 5) is 10.3. The fourth-order valence-corrected chi connectivity index (χ4v) is 1.70.